The van der Waals surface area contributed by atoms with E-state index in [0.717, 1.165) is 0 Å². The van der Waals surface area contributed by atoms with Crippen LogP contribution >= 0.6 is 0 Å². The lowest BCUT2D eigenvalue weighted by Gasteiger charge is -2.22. The molecule has 4 rings (SSSR count). The molecule has 6 heteroatoms. The summed E-state index contributed by atoms with van der Waals surface area (Å²) >= 11 is 0. The molecule has 118 valence electrons. The number of methoxy groups -OCH3 is 1. The van der Waals surface area contributed by atoms with Crippen LogP contribution in [0.15, 0.2) is 36.7 Å². The van der Waals surface area contributed by atoms with E-state index < -0.39 is 11.6 Å². The van der Waals surface area contributed by atoms with Crippen molar-refractivity contribution in [1.29, 1.82) is 0 Å². The van der Waals surface area contributed by atoms with E-state index in [2.05, 4.69) is 4.98 Å². The van der Waals surface area contributed by atoms with Gasteiger partial charge in [-0.05, 0) is 12.1 Å². The molecule has 0 spiro atoms. The predicted octanol–water partition coefficient (Wildman–Crippen LogP) is 2.43. The minimum Gasteiger partial charge on any atom is -0.506 e. The molecule has 0 unspecified atom stereocenters. The Balaban J connectivity index is 2.17. The van der Waals surface area contributed by atoms with Gasteiger partial charge in [0.15, 0.2) is 5.78 Å². The summed E-state index contributed by atoms with van der Waals surface area (Å²) in [6, 6.07) is 6.13. The number of aromatic nitrogens is 1. The molecule has 0 radical (unpaired) electrons. The Bertz CT molecular complexity index is 1050. The molecule has 1 aliphatic rings. The smallest absolute Gasteiger partial charge is 0.202 e. The second kappa shape index (κ2) is 4.79. The van der Waals surface area contributed by atoms with Crippen LogP contribution in [0, 0.1) is 0 Å². The van der Waals surface area contributed by atoms with Gasteiger partial charge in [-0.3, -0.25) is 14.6 Å². The molecule has 0 bridgehead atoms. The zero-order valence-electron chi connectivity index (χ0n) is 12.5. The molecule has 0 fully saturated rings. The number of nitrogens with zero attached hydrogens (tertiary/aromatic N) is 1. The van der Waals surface area contributed by atoms with Crippen LogP contribution in [0.2, 0.25) is 0 Å². The van der Waals surface area contributed by atoms with Gasteiger partial charge in [0.05, 0.1) is 23.8 Å². The van der Waals surface area contributed by atoms with E-state index >= 15 is 0 Å². The van der Waals surface area contributed by atoms with Gasteiger partial charge in [0.25, 0.3) is 0 Å². The van der Waals surface area contributed by atoms with Crippen LogP contribution in [-0.4, -0.2) is 33.9 Å². The van der Waals surface area contributed by atoms with Gasteiger partial charge in [-0.1, -0.05) is 12.1 Å². The van der Waals surface area contributed by atoms with E-state index in [4.69, 9.17) is 4.74 Å². The first-order valence-corrected chi connectivity index (χ1v) is 7.14. The number of benzene rings is 2. The summed E-state index contributed by atoms with van der Waals surface area (Å²) in [7, 11) is 1.39. The van der Waals surface area contributed by atoms with Gasteiger partial charge >= 0.3 is 0 Å². The molecule has 2 N–H and O–H groups in total. The number of aromatic hydroxyl groups is 2. The maximum atomic E-state index is 12.9. The van der Waals surface area contributed by atoms with Crippen LogP contribution in [0.1, 0.15) is 31.8 Å². The lowest BCUT2D eigenvalue weighted by molar-refractivity contribution is 0.0972. The topological polar surface area (TPSA) is 96.7 Å². The first kappa shape index (κ1) is 14.2. The quantitative estimate of drug-likeness (QED) is 0.523. The molecular weight excluding hydrogens is 310 g/mol. The molecule has 2 aromatic carbocycles. The molecular formula is C18H11NO5. The number of pyridine rings is 1. The van der Waals surface area contributed by atoms with Crippen molar-refractivity contribution in [2.24, 2.45) is 0 Å². The monoisotopic (exact) mass is 321 g/mol. The number of ketones is 2. The zero-order valence-corrected chi connectivity index (χ0v) is 12.5. The lowest BCUT2D eigenvalue weighted by atomic mass is 9.81. The Labute approximate surface area is 136 Å². The number of fused-ring (bicyclic) bond motifs is 3. The summed E-state index contributed by atoms with van der Waals surface area (Å²) in [5, 5.41) is 21.5. The average Bonchev–Trinajstić information content (AvgIpc) is 2.62. The van der Waals surface area contributed by atoms with Crippen LogP contribution in [0.5, 0.6) is 17.2 Å². The first-order valence-electron chi connectivity index (χ1n) is 7.14. The number of carbonyl (C=O) groups excluding carboxylic acids is 2. The highest BCUT2D eigenvalue weighted by atomic mass is 16.5. The Morgan fingerprint density at radius 3 is 2.38 bits per heavy atom. The first-order chi connectivity index (χ1) is 11.6. The van der Waals surface area contributed by atoms with Crippen molar-refractivity contribution >= 4 is 22.3 Å². The van der Waals surface area contributed by atoms with E-state index in [1.807, 2.05) is 0 Å². The lowest BCUT2D eigenvalue weighted by Crippen LogP contribution is -2.22. The molecule has 0 amide bonds. The van der Waals surface area contributed by atoms with Crippen molar-refractivity contribution in [2.45, 2.75) is 0 Å². The fourth-order valence-corrected chi connectivity index (χ4v) is 3.12. The molecule has 0 saturated heterocycles. The van der Waals surface area contributed by atoms with Crippen molar-refractivity contribution < 1.29 is 24.5 Å². The Hall–Kier alpha value is -3.41. The van der Waals surface area contributed by atoms with E-state index in [0.29, 0.717) is 0 Å². The second-order valence-electron chi connectivity index (χ2n) is 5.41. The van der Waals surface area contributed by atoms with Gasteiger partial charge < -0.3 is 14.9 Å². The van der Waals surface area contributed by atoms with Crippen LogP contribution in [0.25, 0.3) is 10.8 Å². The Kier molecular flexibility index (Phi) is 2.83. The highest BCUT2D eigenvalue weighted by Gasteiger charge is 2.37. The maximum absolute atomic E-state index is 12.9. The summed E-state index contributed by atoms with van der Waals surface area (Å²) in [6.07, 6.45) is 2.76. The van der Waals surface area contributed by atoms with E-state index in [1.165, 1.54) is 31.6 Å². The molecule has 1 heterocycles. The average molecular weight is 321 g/mol. The van der Waals surface area contributed by atoms with Crippen LogP contribution in [0.3, 0.4) is 0 Å². The second-order valence-corrected chi connectivity index (χ2v) is 5.41. The SMILES string of the molecule is COc1cccc2c1C(=O)c1c(c(O)c3ccncc3c1O)C2=O. The number of rotatable bonds is 1. The largest absolute Gasteiger partial charge is 0.506 e. The summed E-state index contributed by atoms with van der Waals surface area (Å²) in [6.45, 7) is 0. The minimum atomic E-state index is -0.574. The number of carbonyl (C=O) groups is 2. The van der Waals surface area contributed by atoms with Gasteiger partial charge in [0.1, 0.15) is 17.2 Å². The molecule has 1 aromatic heterocycles. The van der Waals surface area contributed by atoms with Crippen LogP contribution < -0.4 is 4.74 Å². The number of hydrogen-bond acceptors (Lipinski definition) is 6. The summed E-state index contributed by atoms with van der Waals surface area (Å²) < 4.78 is 5.17. The molecule has 6 nitrogen and oxygen atoms in total. The zero-order chi connectivity index (χ0) is 17.0. The molecule has 0 atom stereocenters. The fraction of sp³-hybridized carbons (Fsp3) is 0.0556. The molecule has 3 aromatic rings. The highest BCUT2D eigenvalue weighted by Crippen LogP contribution is 2.45. The van der Waals surface area contributed by atoms with Crippen molar-refractivity contribution in [3.8, 4) is 17.2 Å². The Morgan fingerprint density at radius 2 is 1.62 bits per heavy atom. The van der Waals surface area contributed by atoms with Gasteiger partial charge in [0, 0.05) is 28.7 Å². The maximum Gasteiger partial charge on any atom is 0.202 e. The van der Waals surface area contributed by atoms with Gasteiger partial charge in [0.2, 0.25) is 5.78 Å². The third-order valence-electron chi connectivity index (χ3n) is 4.23. The van der Waals surface area contributed by atoms with Crippen LogP contribution in [-0.2, 0) is 0 Å². The van der Waals surface area contributed by atoms with Crippen LogP contribution in [0.4, 0.5) is 0 Å². The number of phenols is 2. The summed E-state index contributed by atoms with van der Waals surface area (Å²) in [4.78, 5) is 29.7. The summed E-state index contributed by atoms with van der Waals surface area (Å²) in [5.41, 5.74) is -0.211. The molecule has 1 aliphatic carbocycles. The summed E-state index contributed by atoms with van der Waals surface area (Å²) in [5.74, 6) is -1.59. The standard InChI is InChI=1S/C18H11NO5/c1-24-11-4-2-3-9-12(11)18(23)14-13(16(9)21)15(20)8-5-6-19-7-10(8)17(14)22/h2-7,20,22H,1H3. The van der Waals surface area contributed by atoms with Gasteiger partial charge in [-0.15, -0.1) is 0 Å². The predicted molar refractivity (Wildman–Crippen MR) is 84.9 cm³/mol. The fourth-order valence-electron chi connectivity index (χ4n) is 3.12. The normalized spacial score (nSPS) is 12.9. The Morgan fingerprint density at radius 1 is 0.917 bits per heavy atom. The molecule has 0 saturated carbocycles. The third-order valence-corrected chi connectivity index (χ3v) is 4.23. The van der Waals surface area contributed by atoms with Gasteiger partial charge in [-0.25, -0.2) is 0 Å². The van der Waals surface area contributed by atoms with E-state index in [9.17, 15) is 19.8 Å². The molecule has 0 aliphatic heterocycles. The van der Waals surface area contributed by atoms with E-state index in [1.54, 1.807) is 12.1 Å². The number of ether oxygens (including phenoxy) is 1. The minimum absolute atomic E-state index is 0.0791. The highest BCUT2D eigenvalue weighted by molar-refractivity contribution is 6.33. The third kappa shape index (κ3) is 1.62. The van der Waals surface area contributed by atoms with Crippen molar-refractivity contribution in [1.82, 2.24) is 4.98 Å². The number of phenolic OH excluding ortho intramolecular Hbond substituents is 2. The van der Waals surface area contributed by atoms with Gasteiger partial charge in [-0.2, -0.15) is 0 Å². The molecule has 24 heavy (non-hydrogen) atoms. The van der Waals surface area contributed by atoms with E-state index in [-0.39, 0.29) is 50.3 Å². The number of hydrogen-bond donors (Lipinski definition) is 2. The van der Waals surface area contributed by atoms with Crippen molar-refractivity contribution in [3.63, 3.8) is 0 Å². The van der Waals surface area contributed by atoms with Crippen molar-refractivity contribution in [2.75, 3.05) is 7.11 Å². The van der Waals surface area contributed by atoms with Crippen molar-refractivity contribution in [3.05, 3.63) is 58.9 Å².